The van der Waals surface area contributed by atoms with E-state index in [-0.39, 0.29) is 19.3 Å². The van der Waals surface area contributed by atoms with Gasteiger partial charge in [-0.1, -0.05) is 0 Å². The maximum Gasteiger partial charge on any atom is 0.391 e. The molecule has 2 N–H and O–H groups in total. The third-order valence-electron chi connectivity index (χ3n) is 3.85. The second kappa shape index (κ2) is 5.54. The summed E-state index contributed by atoms with van der Waals surface area (Å²) in [5.41, 5.74) is -1.38. The molecule has 116 valence electrons. The number of alkyl halides is 3. The molecule has 1 aromatic carbocycles. The molecule has 2 atom stereocenters. The lowest BCUT2D eigenvalue weighted by molar-refractivity contribution is -0.188. The largest absolute Gasteiger partial charge is 0.480 e. The van der Waals surface area contributed by atoms with Gasteiger partial charge in [0.15, 0.2) is 0 Å². The second-order valence-electron chi connectivity index (χ2n) is 5.35. The Balaban J connectivity index is 2.24. The summed E-state index contributed by atoms with van der Waals surface area (Å²) in [5.74, 6) is -3.46. The van der Waals surface area contributed by atoms with E-state index >= 15 is 0 Å². The van der Waals surface area contributed by atoms with E-state index in [0.29, 0.717) is 5.69 Å². The van der Waals surface area contributed by atoms with Gasteiger partial charge in [-0.25, -0.2) is 9.18 Å². The number of rotatable bonds is 3. The van der Waals surface area contributed by atoms with Gasteiger partial charge in [0.2, 0.25) is 0 Å². The summed E-state index contributed by atoms with van der Waals surface area (Å²) in [6.45, 7) is 0. The first-order valence-corrected chi connectivity index (χ1v) is 6.57. The molecule has 0 aromatic heterocycles. The van der Waals surface area contributed by atoms with E-state index in [1.807, 2.05) is 0 Å². The summed E-state index contributed by atoms with van der Waals surface area (Å²) < 4.78 is 51.5. The Morgan fingerprint density at radius 3 is 2.43 bits per heavy atom. The summed E-state index contributed by atoms with van der Waals surface area (Å²) in [4.78, 5) is 11.5. The van der Waals surface area contributed by atoms with Crippen LogP contribution in [0.4, 0.5) is 23.2 Å². The van der Waals surface area contributed by atoms with Crippen LogP contribution < -0.4 is 5.32 Å². The first-order valence-electron chi connectivity index (χ1n) is 6.57. The summed E-state index contributed by atoms with van der Waals surface area (Å²) in [6, 6.07) is 4.89. The van der Waals surface area contributed by atoms with Crippen LogP contribution in [0.25, 0.3) is 0 Å². The highest BCUT2D eigenvalue weighted by molar-refractivity contribution is 5.83. The van der Waals surface area contributed by atoms with Crippen molar-refractivity contribution in [3.05, 3.63) is 30.1 Å². The van der Waals surface area contributed by atoms with Crippen LogP contribution in [0.2, 0.25) is 0 Å². The molecule has 0 heterocycles. The van der Waals surface area contributed by atoms with Gasteiger partial charge in [-0.3, -0.25) is 0 Å². The first kappa shape index (κ1) is 15.6. The number of hydrogen-bond donors (Lipinski definition) is 2. The van der Waals surface area contributed by atoms with Crippen molar-refractivity contribution < 1.29 is 27.5 Å². The van der Waals surface area contributed by atoms with Crippen LogP contribution in [0.5, 0.6) is 0 Å². The molecule has 1 aliphatic rings. The fourth-order valence-electron chi connectivity index (χ4n) is 2.73. The number of hydrogen-bond acceptors (Lipinski definition) is 2. The van der Waals surface area contributed by atoms with Crippen LogP contribution in [-0.2, 0) is 4.79 Å². The van der Waals surface area contributed by atoms with Crippen LogP contribution in [0.15, 0.2) is 24.3 Å². The Labute approximate surface area is 119 Å². The van der Waals surface area contributed by atoms with Gasteiger partial charge in [0.1, 0.15) is 11.4 Å². The van der Waals surface area contributed by atoms with Gasteiger partial charge in [-0.05, 0) is 49.9 Å². The minimum atomic E-state index is -4.41. The molecule has 0 bridgehead atoms. The van der Waals surface area contributed by atoms with Gasteiger partial charge in [-0.2, -0.15) is 13.2 Å². The molecule has 21 heavy (non-hydrogen) atoms. The minimum Gasteiger partial charge on any atom is -0.480 e. The predicted octanol–water partition coefficient (Wildman–Crippen LogP) is 3.81. The highest BCUT2D eigenvalue weighted by atomic mass is 19.4. The van der Waals surface area contributed by atoms with Gasteiger partial charge in [0.05, 0.1) is 5.92 Å². The van der Waals surface area contributed by atoms with Crippen molar-refractivity contribution in [1.29, 1.82) is 0 Å². The first-order chi connectivity index (χ1) is 9.73. The number of carboxylic acid groups (broad SMARTS) is 1. The number of benzene rings is 1. The van der Waals surface area contributed by atoms with E-state index in [4.69, 9.17) is 0 Å². The number of halogens is 4. The van der Waals surface area contributed by atoms with Crippen LogP contribution in [0.3, 0.4) is 0 Å². The van der Waals surface area contributed by atoms with E-state index in [1.165, 1.54) is 12.1 Å². The molecule has 0 saturated heterocycles. The van der Waals surface area contributed by atoms with Crippen LogP contribution in [0.1, 0.15) is 25.7 Å². The molecule has 2 rings (SSSR count). The zero-order chi connectivity index (χ0) is 15.7. The van der Waals surface area contributed by atoms with Gasteiger partial charge in [0, 0.05) is 5.69 Å². The average Bonchev–Trinajstić information content (AvgIpc) is 2.40. The van der Waals surface area contributed by atoms with Crippen LogP contribution in [0, 0.1) is 11.7 Å². The Kier molecular flexibility index (Phi) is 4.11. The molecule has 2 unspecified atom stereocenters. The fourth-order valence-corrected chi connectivity index (χ4v) is 2.73. The topological polar surface area (TPSA) is 49.3 Å². The van der Waals surface area contributed by atoms with E-state index in [9.17, 15) is 27.5 Å². The molecular weight excluding hydrogens is 290 g/mol. The van der Waals surface area contributed by atoms with Crippen molar-refractivity contribution in [3.63, 3.8) is 0 Å². The fraction of sp³-hybridized carbons (Fsp3) is 0.500. The lowest BCUT2D eigenvalue weighted by Crippen LogP contribution is -2.52. The number of aliphatic carboxylic acids is 1. The SMILES string of the molecule is O=C(O)C1(Nc2ccc(F)cc2)CCCC(C(F)(F)F)C1. The summed E-state index contributed by atoms with van der Waals surface area (Å²) >= 11 is 0. The van der Waals surface area contributed by atoms with Gasteiger partial charge in [0.25, 0.3) is 0 Å². The van der Waals surface area contributed by atoms with Gasteiger partial charge in [-0.15, -0.1) is 0 Å². The van der Waals surface area contributed by atoms with E-state index < -0.39 is 35.8 Å². The summed E-state index contributed by atoms with van der Waals surface area (Å²) in [5, 5.41) is 12.0. The zero-order valence-corrected chi connectivity index (χ0v) is 11.1. The molecule has 0 radical (unpaired) electrons. The Morgan fingerprint density at radius 2 is 1.90 bits per heavy atom. The van der Waals surface area contributed by atoms with Gasteiger partial charge >= 0.3 is 12.1 Å². The average molecular weight is 305 g/mol. The molecule has 1 aromatic rings. The van der Waals surface area contributed by atoms with E-state index in [1.54, 1.807) is 0 Å². The van der Waals surface area contributed by atoms with Crippen LogP contribution in [-0.4, -0.2) is 22.8 Å². The van der Waals surface area contributed by atoms with Crippen molar-refractivity contribution in [2.45, 2.75) is 37.4 Å². The number of carbonyl (C=O) groups is 1. The highest BCUT2D eigenvalue weighted by Gasteiger charge is 2.51. The van der Waals surface area contributed by atoms with Crippen molar-refractivity contribution in [3.8, 4) is 0 Å². The molecule has 1 aliphatic carbocycles. The lowest BCUT2D eigenvalue weighted by atomic mass is 9.75. The third kappa shape index (κ3) is 3.46. The predicted molar refractivity (Wildman–Crippen MR) is 68.4 cm³/mol. The van der Waals surface area contributed by atoms with Gasteiger partial charge < -0.3 is 10.4 Å². The minimum absolute atomic E-state index is 0.0658. The van der Waals surface area contributed by atoms with Crippen molar-refractivity contribution >= 4 is 11.7 Å². The zero-order valence-electron chi connectivity index (χ0n) is 11.1. The van der Waals surface area contributed by atoms with Crippen LogP contribution >= 0.6 is 0 Å². The molecule has 0 aliphatic heterocycles. The molecule has 1 fully saturated rings. The second-order valence-corrected chi connectivity index (χ2v) is 5.35. The third-order valence-corrected chi connectivity index (χ3v) is 3.85. The maximum atomic E-state index is 12.9. The number of anilines is 1. The molecule has 7 heteroatoms. The van der Waals surface area contributed by atoms with E-state index in [0.717, 1.165) is 12.1 Å². The Morgan fingerprint density at radius 1 is 1.29 bits per heavy atom. The summed E-state index contributed by atoms with van der Waals surface area (Å²) in [6.07, 6.45) is -4.73. The lowest BCUT2D eigenvalue weighted by Gasteiger charge is -2.39. The standard InChI is InChI=1S/C14H15F4NO2/c15-10-3-5-11(6-4-10)19-13(12(20)21)7-1-2-9(8-13)14(16,17)18/h3-6,9,19H,1-2,7-8H2,(H,20,21). The molecule has 0 amide bonds. The van der Waals surface area contributed by atoms with E-state index in [2.05, 4.69) is 5.32 Å². The maximum absolute atomic E-state index is 12.9. The number of nitrogens with one attached hydrogen (secondary N) is 1. The number of carboxylic acids is 1. The monoisotopic (exact) mass is 305 g/mol. The molecular formula is C14H15F4NO2. The molecule has 1 saturated carbocycles. The smallest absolute Gasteiger partial charge is 0.391 e. The quantitative estimate of drug-likeness (QED) is 0.835. The van der Waals surface area contributed by atoms with Crippen molar-refractivity contribution in [2.24, 2.45) is 5.92 Å². The normalized spacial score (nSPS) is 26.4. The van der Waals surface area contributed by atoms with Crippen molar-refractivity contribution in [1.82, 2.24) is 0 Å². The highest BCUT2D eigenvalue weighted by Crippen LogP contribution is 2.43. The van der Waals surface area contributed by atoms with Crippen molar-refractivity contribution in [2.75, 3.05) is 5.32 Å². The molecule has 0 spiro atoms. The summed E-state index contributed by atoms with van der Waals surface area (Å²) in [7, 11) is 0. The Hall–Kier alpha value is -1.79. The molecule has 3 nitrogen and oxygen atoms in total. The Bertz CT molecular complexity index is 515.